The van der Waals surface area contributed by atoms with Crippen LogP contribution in [0, 0.1) is 5.92 Å². The summed E-state index contributed by atoms with van der Waals surface area (Å²) in [5.74, 6) is 0.787. The molecule has 1 aliphatic carbocycles. The third kappa shape index (κ3) is 2.71. The highest BCUT2D eigenvalue weighted by Crippen LogP contribution is 2.36. The molecule has 2 aliphatic rings. The molecule has 104 valence electrons. The Labute approximate surface area is 118 Å². The molecule has 19 heavy (non-hydrogen) atoms. The molecule has 1 atom stereocenters. The zero-order chi connectivity index (χ0) is 13.4. The molecule has 1 saturated heterocycles. The van der Waals surface area contributed by atoms with Gasteiger partial charge in [0.15, 0.2) is 0 Å². The van der Waals surface area contributed by atoms with Crippen LogP contribution in [0.5, 0.6) is 0 Å². The number of carbonyl (C=O) groups excluding carboxylic acids is 1. The van der Waals surface area contributed by atoms with E-state index in [1.54, 1.807) is 0 Å². The number of anilines is 2. The van der Waals surface area contributed by atoms with Crippen molar-refractivity contribution in [2.75, 3.05) is 23.7 Å². The topological polar surface area (TPSA) is 58.4 Å². The van der Waals surface area contributed by atoms with Gasteiger partial charge in [-0.25, -0.2) is 0 Å². The number of nitrogens with two attached hydrogens (primary N) is 1. The van der Waals surface area contributed by atoms with E-state index in [1.807, 2.05) is 6.07 Å². The van der Waals surface area contributed by atoms with Gasteiger partial charge in [-0.2, -0.15) is 0 Å². The molecule has 3 rings (SSSR count). The monoisotopic (exact) mass is 279 g/mol. The van der Waals surface area contributed by atoms with Crippen molar-refractivity contribution in [1.82, 2.24) is 5.32 Å². The highest BCUT2D eigenvalue weighted by molar-refractivity contribution is 7.18. The molecule has 0 bridgehead atoms. The van der Waals surface area contributed by atoms with Crippen LogP contribution in [0.4, 0.5) is 10.7 Å². The number of thiophene rings is 1. The summed E-state index contributed by atoms with van der Waals surface area (Å²) in [6.07, 6.45) is 4.69. The SMILES string of the molecule is CCC1CCN(c2cc(N)c(C(=O)NC3CC3)s2)C1. The van der Waals surface area contributed by atoms with Crippen LogP contribution in [0.2, 0.25) is 0 Å². The van der Waals surface area contributed by atoms with E-state index in [4.69, 9.17) is 5.73 Å². The lowest BCUT2D eigenvalue weighted by Crippen LogP contribution is -2.25. The van der Waals surface area contributed by atoms with E-state index in [9.17, 15) is 4.79 Å². The normalized spacial score (nSPS) is 22.8. The van der Waals surface area contributed by atoms with Crippen LogP contribution in [-0.4, -0.2) is 25.0 Å². The minimum Gasteiger partial charge on any atom is -0.397 e. The Hall–Kier alpha value is -1.23. The van der Waals surface area contributed by atoms with Gasteiger partial charge in [0.2, 0.25) is 0 Å². The number of rotatable bonds is 4. The molecule has 0 spiro atoms. The van der Waals surface area contributed by atoms with Gasteiger partial charge >= 0.3 is 0 Å². The first-order chi connectivity index (χ1) is 9.17. The molecule has 1 aromatic rings. The van der Waals surface area contributed by atoms with Crippen LogP contribution in [0.1, 0.15) is 42.3 Å². The minimum absolute atomic E-state index is 0.00230. The first-order valence-electron chi connectivity index (χ1n) is 7.12. The standard InChI is InChI=1S/C14H21N3OS/c1-2-9-5-6-17(8-9)12-7-11(15)13(19-12)14(18)16-10-3-4-10/h7,9-10H,2-6,8,15H2,1H3,(H,16,18). The Morgan fingerprint density at radius 3 is 2.95 bits per heavy atom. The summed E-state index contributed by atoms with van der Waals surface area (Å²) >= 11 is 1.54. The minimum atomic E-state index is 0.00230. The summed E-state index contributed by atoms with van der Waals surface area (Å²) in [6, 6.07) is 2.35. The highest BCUT2D eigenvalue weighted by Gasteiger charge is 2.27. The molecule has 2 heterocycles. The Morgan fingerprint density at radius 1 is 1.53 bits per heavy atom. The first kappa shape index (κ1) is 12.8. The zero-order valence-electron chi connectivity index (χ0n) is 11.3. The van der Waals surface area contributed by atoms with E-state index in [0.717, 1.165) is 36.9 Å². The second kappa shape index (κ2) is 5.04. The van der Waals surface area contributed by atoms with Crippen molar-refractivity contribution in [2.24, 2.45) is 5.92 Å². The van der Waals surface area contributed by atoms with E-state index in [0.29, 0.717) is 16.6 Å². The van der Waals surface area contributed by atoms with Crippen molar-refractivity contribution in [1.29, 1.82) is 0 Å². The number of nitrogens with zero attached hydrogens (tertiary/aromatic N) is 1. The van der Waals surface area contributed by atoms with Gasteiger partial charge < -0.3 is 16.0 Å². The van der Waals surface area contributed by atoms with Crippen molar-refractivity contribution in [2.45, 2.75) is 38.6 Å². The van der Waals surface area contributed by atoms with Gasteiger partial charge in [0.05, 0.1) is 10.7 Å². The molecule has 5 heteroatoms. The first-order valence-corrected chi connectivity index (χ1v) is 7.94. The van der Waals surface area contributed by atoms with Gasteiger partial charge in [0.1, 0.15) is 4.88 Å². The molecule has 1 unspecified atom stereocenters. The molecular formula is C14H21N3OS. The fourth-order valence-electron chi connectivity index (χ4n) is 2.57. The lowest BCUT2D eigenvalue weighted by molar-refractivity contribution is 0.0956. The number of nitrogens with one attached hydrogen (secondary N) is 1. The van der Waals surface area contributed by atoms with Crippen LogP contribution in [0.25, 0.3) is 0 Å². The molecule has 3 N–H and O–H groups in total. The Bertz CT molecular complexity index is 481. The summed E-state index contributed by atoms with van der Waals surface area (Å²) in [4.78, 5) is 15.1. The Morgan fingerprint density at radius 2 is 2.32 bits per heavy atom. The van der Waals surface area contributed by atoms with Crippen molar-refractivity contribution in [3.05, 3.63) is 10.9 Å². The van der Waals surface area contributed by atoms with Crippen LogP contribution >= 0.6 is 11.3 Å². The Balaban J connectivity index is 1.71. The van der Waals surface area contributed by atoms with Crippen LogP contribution in [-0.2, 0) is 0 Å². The molecule has 0 radical (unpaired) electrons. The van der Waals surface area contributed by atoms with E-state index in [2.05, 4.69) is 17.1 Å². The lowest BCUT2D eigenvalue weighted by Gasteiger charge is -2.15. The van der Waals surface area contributed by atoms with Gasteiger partial charge in [-0.05, 0) is 31.2 Å². The Kier molecular flexibility index (Phi) is 3.39. The van der Waals surface area contributed by atoms with E-state index in [-0.39, 0.29) is 5.91 Å². The summed E-state index contributed by atoms with van der Waals surface area (Å²) in [7, 11) is 0. The number of hydrogen-bond donors (Lipinski definition) is 2. The fourth-order valence-corrected chi connectivity index (χ4v) is 3.59. The van der Waals surface area contributed by atoms with Gasteiger partial charge in [0, 0.05) is 19.1 Å². The van der Waals surface area contributed by atoms with E-state index < -0.39 is 0 Å². The maximum Gasteiger partial charge on any atom is 0.263 e. The smallest absolute Gasteiger partial charge is 0.263 e. The predicted molar refractivity (Wildman–Crippen MR) is 79.8 cm³/mol. The molecule has 1 saturated carbocycles. The van der Waals surface area contributed by atoms with Crippen molar-refractivity contribution in [3.63, 3.8) is 0 Å². The third-order valence-electron chi connectivity index (χ3n) is 4.04. The number of carbonyl (C=O) groups is 1. The van der Waals surface area contributed by atoms with E-state index in [1.165, 1.54) is 24.2 Å². The van der Waals surface area contributed by atoms with Gasteiger partial charge in [-0.1, -0.05) is 13.3 Å². The fraction of sp³-hybridized carbons (Fsp3) is 0.643. The predicted octanol–water partition coefficient (Wildman–Crippen LogP) is 2.46. The van der Waals surface area contributed by atoms with Crippen molar-refractivity contribution >= 4 is 27.9 Å². The molecule has 4 nitrogen and oxygen atoms in total. The van der Waals surface area contributed by atoms with Crippen LogP contribution in [0.15, 0.2) is 6.07 Å². The number of hydrogen-bond acceptors (Lipinski definition) is 4. The number of amides is 1. The third-order valence-corrected chi connectivity index (χ3v) is 5.25. The second-order valence-corrected chi connectivity index (χ2v) is 6.66. The summed E-state index contributed by atoms with van der Waals surface area (Å²) < 4.78 is 0. The van der Waals surface area contributed by atoms with Crippen molar-refractivity contribution < 1.29 is 4.79 Å². The molecule has 1 amide bonds. The quantitative estimate of drug-likeness (QED) is 0.890. The van der Waals surface area contributed by atoms with Gasteiger partial charge in [0.25, 0.3) is 5.91 Å². The van der Waals surface area contributed by atoms with Gasteiger partial charge in [-0.3, -0.25) is 4.79 Å². The molecule has 0 aromatic carbocycles. The lowest BCUT2D eigenvalue weighted by atomic mass is 10.1. The number of nitrogen functional groups attached to an aromatic ring is 1. The zero-order valence-corrected chi connectivity index (χ0v) is 12.1. The summed E-state index contributed by atoms with van der Waals surface area (Å²) in [6.45, 7) is 4.42. The molecule has 2 fully saturated rings. The van der Waals surface area contributed by atoms with Crippen LogP contribution in [0.3, 0.4) is 0 Å². The van der Waals surface area contributed by atoms with Crippen LogP contribution < -0.4 is 16.0 Å². The summed E-state index contributed by atoms with van der Waals surface area (Å²) in [5, 5.41) is 4.16. The average Bonchev–Trinajstić information content (AvgIpc) is 2.93. The molecular weight excluding hydrogens is 258 g/mol. The van der Waals surface area contributed by atoms with Gasteiger partial charge in [-0.15, -0.1) is 11.3 Å². The molecule has 1 aliphatic heterocycles. The highest BCUT2D eigenvalue weighted by atomic mass is 32.1. The maximum absolute atomic E-state index is 12.1. The molecule has 1 aromatic heterocycles. The largest absolute Gasteiger partial charge is 0.397 e. The van der Waals surface area contributed by atoms with Crippen molar-refractivity contribution in [3.8, 4) is 0 Å². The second-order valence-electron chi connectivity index (χ2n) is 5.63. The summed E-state index contributed by atoms with van der Waals surface area (Å²) in [5.41, 5.74) is 6.62. The maximum atomic E-state index is 12.1. The average molecular weight is 279 g/mol. The van der Waals surface area contributed by atoms with E-state index >= 15 is 0 Å².